The minimum Gasteiger partial charge on any atom is -0.399 e. The highest BCUT2D eigenvalue weighted by Gasteiger charge is 2.13. The number of rotatable bonds is 2. The molecule has 0 saturated heterocycles. The van der Waals surface area contributed by atoms with Gasteiger partial charge in [-0.3, -0.25) is 10.1 Å². The van der Waals surface area contributed by atoms with Crippen molar-refractivity contribution in [3.8, 4) is 23.5 Å². The molecule has 2 aromatic carbocycles. The van der Waals surface area contributed by atoms with E-state index in [2.05, 4.69) is 5.92 Å². The molecule has 0 aliphatic carbocycles. The molecule has 0 amide bonds. The lowest BCUT2D eigenvalue weighted by Crippen LogP contribution is -1.93. The molecule has 18 heavy (non-hydrogen) atoms. The summed E-state index contributed by atoms with van der Waals surface area (Å²) in [4.78, 5) is 10.4. The third-order valence-corrected chi connectivity index (χ3v) is 2.59. The van der Waals surface area contributed by atoms with Gasteiger partial charge in [-0.1, -0.05) is 24.1 Å². The molecule has 0 aliphatic rings. The maximum absolute atomic E-state index is 10.9. The van der Waals surface area contributed by atoms with E-state index in [-0.39, 0.29) is 11.3 Å². The van der Waals surface area contributed by atoms with Crippen LogP contribution >= 0.6 is 0 Å². The summed E-state index contributed by atoms with van der Waals surface area (Å²) in [5, 5.41) is 10.9. The molecule has 0 saturated carbocycles. The number of benzene rings is 2. The first-order valence-electron chi connectivity index (χ1n) is 5.23. The van der Waals surface area contributed by atoms with Crippen molar-refractivity contribution in [3.05, 3.63) is 58.1 Å². The zero-order valence-electron chi connectivity index (χ0n) is 9.46. The van der Waals surface area contributed by atoms with Crippen molar-refractivity contribution in [2.24, 2.45) is 0 Å². The fourth-order valence-corrected chi connectivity index (χ4v) is 1.66. The highest BCUT2D eigenvalue weighted by Crippen LogP contribution is 2.27. The summed E-state index contributed by atoms with van der Waals surface area (Å²) in [7, 11) is 0. The molecule has 0 bridgehead atoms. The average Bonchev–Trinajstić information content (AvgIpc) is 2.39. The SMILES string of the molecule is C#Cc1ccc(-c2ccc(N)cc2)cc1[N+](=O)[O-]. The van der Waals surface area contributed by atoms with E-state index in [1.165, 1.54) is 6.07 Å². The largest absolute Gasteiger partial charge is 0.399 e. The molecule has 2 N–H and O–H groups in total. The van der Waals surface area contributed by atoms with Crippen LogP contribution in [-0.2, 0) is 0 Å². The number of nitro benzene ring substituents is 1. The number of nitrogens with two attached hydrogens (primary N) is 1. The summed E-state index contributed by atoms with van der Waals surface area (Å²) >= 11 is 0. The lowest BCUT2D eigenvalue weighted by molar-refractivity contribution is -0.385. The summed E-state index contributed by atoms with van der Waals surface area (Å²) in [6.45, 7) is 0. The Morgan fingerprint density at radius 2 is 1.72 bits per heavy atom. The maximum Gasteiger partial charge on any atom is 0.285 e. The number of nitrogen functional groups attached to an aromatic ring is 1. The highest BCUT2D eigenvalue weighted by atomic mass is 16.6. The molecule has 0 radical (unpaired) electrons. The zero-order valence-corrected chi connectivity index (χ0v) is 9.46. The van der Waals surface area contributed by atoms with Gasteiger partial charge < -0.3 is 5.73 Å². The second kappa shape index (κ2) is 4.60. The first-order chi connectivity index (χ1) is 8.61. The lowest BCUT2D eigenvalue weighted by atomic mass is 10.0. The molecule has 0 spiro atoms. The van der Waals surface area contributed by atoms with Crippen LogP contribution < -0.4 is 5.73 Å². The molecule has 0 fully saturated rings. The van der Waals surface area contributed by atoms with Crippen molar-refractivity contribution in [3.63, 3.8) is 0 Å². The standard InChI is InChI=1S/C14H10N2O2/c1-2-10-3-4-12(9-14(10)16(17)18)11-5-7-13(15)8-6-11/h1,3-9H,15H2. The normalized spacial score (nSPS) is 9.72. The fourth-order valence-electron chi connectivity index (χ4n) is 1.66. The van der Waals surface area contributed by atoms with E-state index in [0.29, 0.717) is 5.69 Å². The van der Waals surface area contributed by atoms with E-state index in [9.17, 15) is 10.1 Å². The molecule has 4 nitrogen and oxygen atoms in total. The van der Waals surface area contributed by atoms with Gasteiger partial charge in [0.2, 0.25) is 0 Å². The first kappa shape index (κ1) is 11.7. The number of terminal acetylenes is 1. The van der Waals surface area contributed by atoms with E-state index in [0.717, 1.165) is 11.1 Å². The molecular formula is C14H10N2O2. The summed E-state index contributed by atoms with van der Waals surface area (Å²) in [6.07, 6.45) is 5.23. The van der Waals surface area contributed by atoms with Crippen LogP contribution in [0.4, 0.5) is 11.4 Å². The Morgan fingerprint density at radius 3 is 2.28 bits per heavy atom. The Morgan fingerprint density at radius 1 is 1.11 bits per heavy atom. The number of hydrogen-bond donors (Lipinski definition) is 1. The van der Waals surface area contributed by atoms with Gasteiger partial charge >= 0.3 is 0 Å². The molecule has 0 aromatic heterocycles. The Bertz CT molecular complexity index is 640. The number of nitro groups is 1. The Balaban J connectivity index is 2.54. The molecule has 88 valence electrons. The zero-order chi connectivity index (χ0) is 13.1. The van der Waals surface area contributed by atoms with Crippen LogP contribution in [0.2, 0.25) is 0 Å². The molecular weight excluding hydrogens is 228 g/mol. The molecule has 0 unspecified atom stereocenters. The van der Waals surface area contributed by atoms with Crippen LogP contribution in [0.3, 0.4) is 0 Å². The van der Waals surface area contributed by atoms with Crippen LogP contribution in [0.15, 0.2) is 42.5 Å². The highest BCUT2D eigenvalue weighted by molar-refractivity contribution is 5.70. The molecule has 0 atom stereocenters. The Kier molecular flexibility index (Phi) is 2.98. The summed E-state index contributed by atoms with van der Waals surface area (Å²) in [5.74, 6) is 2.30. The second-order valence-electron chi connectivity index (χ2n) is 3.76. The first-order valence-corrected chi connectivity index (χ1v) is 5.23. The third-order valence-electron chi connectivity index (χ3n) is 2.59. The van der Waals surface area contributed by atoms with Gasteiger partial charge in [-0.15, -0.1) is 6.42 Å². The van der Waals surface area contributed by atoms with Gasteiger partial charge in [0.1, 0.15) is 5.56 Å². The monoisotopic (exact) mass is 238 g/mol. The van der Waals surface area contributed by atoms with Crippen molar-refractivity contribution < 1.29 is 4.92 Å². The van der Waals surface area contributed by atoms with E-state index in [1.807, 2.05) is 12.1 Å². The van der Waals surface area contributed by atoms with E-state index >= 15 is 0 Å². The van der Waals surface area contributed by atoms with Crippen molar-refractivity contribution in [2.45, 2.75) is 0 Å². The third kappa shape index (κ3) is 2.15. The molecule has 0 aliphatic heterocycles. The predicted molar refractivity (Wildman–Crippen MR) is 70.9 cm³/mol. The number of anilines is 1. The van der Waals surface area contributed by atoms with Crippen molar-refractivity contribution in [2.75, 3.05) is 5.73 Å². The quantitative estimate of drug-likeness (QED) is 0.378. The van der Waals surface area contributed by atoms with Gasteiger partial charge in [0.15, 0.2) is 0 Å². The molecule has 2 rings (SSSR count). The molecule has 2 aromatic rings. The lowest BCUT2D eigenvalue weighted by Gasteiger charge is -2.03. The van der Waals surface area contributed by atoms with Gasteiger partial charge in [0.25, 0.3) is 5.69 Å². The minimum absolute atomic E-state index is 0.0631. The maximum atomic E-state index is 10.9. The summed E-state index contributed by atoms with van der Waals surface area (Å²) < 4.78 is 0. The van der Waals surface area contributed by atoms with Crippen molar-refractivity contribution in [1.29, 1.82) is 0 Å². The topological polar surface area (TPSA) is 69.2 Å². The van der Waals surface area contributed by atoms with Gasteiger partial charge in [-0.25, -0.2) is 0 Å². The van der Waals surface area contributed by atoms with Gasteiger partial charge in [-0.2, -0.15) is 0 Å². The fraction of sp³-hybridized carbons (Fsp3) is 0. The predicted octanol–water partition coefficient (Wildman–Crippen LogP) is 2.83. The van der Waals surface area contributed by atoms with Crippen LogP contribution in [0.25, 0.3) is 11.1 Å². The van der Waals surface area contributed by atoms with E-state index in [1.54, 1.807) is 24.3 Å². The van der Waals surface area contributed by atoms with Gasteiger partial charge in [0, 0.05) is 11.8 Å². The number of hydrogen-bond acceptors (Lipinski definition) is 3. The van der Waals surface area contributed by atoms with Gasteiger partial charge in [0.05, 0.1) is 4.92 Å². The van der Waals surface area contributed by atoms with Crippen LogP contribution in [0.1, 0.15) is 5.56 Å². The van der Waals surface area contributed by atoms with Crippen LogP contribution in [0, 0.1) is 22.5 Å². The van der Waals surface area contributed by atoms with Crippen molar-refractivity contribution >= 4 is 11.4 Å². The van der Waals surface area contributed by atoms with E-state index in [4.69, 9.17) is 12.2 Å². The Hall–Kier alpha value is -2.80. The second-order valence-corrected chi connectivity index (χ2v) is 3.76. The van der Waals surface area contributed by atoms with Crippen LogP contribution in [-0.4, -0.2) is 4.92 Å². The Labute approximate surface area is 104 Å². The summed E-state index contributed by atoms with van der Waals surface area (Å²) in [6, 6.07) is 11.9. The van der Waals surface area contributed by atoms with E-state index < -0.39 is 4.92 Å². The van der Waals surface area contributed by atoms with Crippen molar-refractivity contribution in [1.82, 2.24) is 0 Å². The minimum atomic E-state index is -0.476. The number of nitrogens with zero attached hydrogens (tertiary/aromatic N) is 1. The smallest absolute Gasteiger partial charge is 0.285 e. The van der Waals surface area contributed by atoms with Crippen LogP contribution in [0.5, 0.6) is 0 Å². The average molecular weight is 238 g/mol. The summed E-state index contributed by atoms with van der Waals surface area (Å²) in [5.41, 5.74) is 8.05. The molecule has 0 heterocycles. The van der Waals surface area contributed by atoms with Gasteiger partial charge in [-0.05, 0) is 29.3 Å². The molecule has 4 heteroatoms.